The highest BCUT2D eigenvalue weighted by molar-refractivity contribution is 5.47. The largest absolute Gasteiger partial charge is 0.386 e. The van der Waals surface area contributed by atoms with E-state index < -0.39 is 0 Å². The molecule has 1 N–H and O–H groups in total. The molecule has 1 aromatic rings. The van der Waals surface area contributed by atoms with Gasteiger partial charge in [-0.1, -0.05) is 5.92 Å². The molecule has 0 fully saturated rings. The van der Waals surface area contributed by atoms with Gasteiger partial charge in [-0.2, -0.15) is 0 Å². The molecule has 114 valence electrons. The molecule has 0 unspecified atom stereocenters. The molecule has 0 aliphatic heterocycles. The fraction of sp³-hybridized carbons (Fsp3) is 0.529. The van der Waals surface area contributed by atoms with Crippen LogP contribution in [0.5, 0.6) is 0 Å². The Kier molecular flexibility index (Phi) is 5.92. The number of aromatic nitrogens is 2. The van der Waals surface area contributed by atoms with Gasteiger partial charge in [0.15, 0.2) is 0 Å². The smallest absolute Gasteiger partial charge is 0.0859 e. The second-order valence-electron chi connectivity index (χ2n) is 6.33. The highest BCUT2D eigenvalue weighted by Crippen LogP contribution is 2.11. The van der Waals surface area contributed by atoms with E-state index in [1.165, 1.54) is 0 Å². The van der Waals surface area contributed by atoms with Gasteiger partial charge in [0.2, 0.25) is 0 Å². The van der Waals surface area contributed by atoms with Gasteiger partial charge in [-0.05, 0) is 53.9 Å². The van der Waals surface area contributed by atoms with Crippen LogP contribution in [0.4, 0.5) is 0 Å². The number of nitrogens with one attached hydrogen (secondary N) is 1. The molecule has 0 aromatic carbocycles. The topological polar surface area (TPSA) is 41.1 Å². The summed E-state index contributed by atoms with van der Waals surface area (Å²) in [6.45, 7) is 11.6. The normalized spacial score (nSPS) is 11.9. The van der Waals surface area contributed by atoms with Crippen LogP contribution in [-0.4, -0.2) is 34.0 Å². The first-order valence-electron chi connectivity index (χ1n) is 7.13. The second kappa shape index (κ2) is 7.24. The van der Waals surface area contributed by atoms with Crippen molar-refractivity contribution in [2.45, 2.75) is 46.7 Å². The quantitative estimate of drug-likeness (QED) is 0.845. The van der Waals surface area contributed by atoms with Crippen LogP contribution in [0.2, 0.25) is 0 Å². The number of hydrogen-bond acceptors (Lipinski definition) is 4. The molecule has 0 amide bonds. The Labute approximate surface area is 128 Å². The lowest BCUT2D eigenvalue weighted by molar-refractivity contribution is 0.362. The predicted molar refractivity (Wildman–Crippen MR) is 88.6 cm³/mol. The minimum absolute atomic E-state index is 0.0464. The van der Waals surface area contributed by atoms with E-state index in [0.717, 1.165) is 22.8 Å². The van der Waals surface area contributed by atoms with Gasteiger partial charge < -0.3 is 5.32 Å². The Morgan fingerprint density at radius 2 is 1.90 bits per heavy atom. The third-order valence-corrected chi connectivity index (χ3v) is 2.92. The van der Waals surface area contributed by atoms with Crippen molar-refractivity contribution in [1.29, 1.82) is 0 Å². The number of aryl methyl sites for hydroxylation is 2. The van der Waals surface area contributed by atoms with Crippen LogP contribution in [0, 0.1) is 26.2 Å². The maximum atomic E-state index is 5.32. The molecule has 1 heterocycles. The first-order chi connectivity index (χ1) is 9.73. The maximum absolute atomic E-state index is 5.32. The van der Waals surface area contributed by atoms with E-state index in [1.54, 1.807) is 0 Å². The monoisotopic (exact) mass is 286 g/mol. The van der Waals surface area contributed by atoms with Crippen LogP contribution in [0.3, 0.4) is 0 Å². The summed E-state index contributed by atoms with van der Waals surface area (Å²) in [5.74, 6) is 2.63. The Balaban J connectivity index is 2.87. The molecule has 0 bridgehead atoms. The molecule has 0 aliphatic carbocycles. The van der Waals surface area contributed by atoms with Crippen LogP contribution in [0.15, 0.2) is 6.20 Å². The second-order valence-corrected chi connectivity index (χ2v) is 6.33. The van der Waals surface area contributed by atoms with E-state index >= 15 is 0 Å². The lowest BCUT2D eigenvalue weighted by atomic mass is 10.1. The van der Waals surface area contributed by atoms with Crippen LogP contribution in [0.25, 0.3) is 6.08 Å². The summed E-state index contributed by atoms with van der Waals surface area (Å²) in [7, 11) is 1.98. The summed E-state index contributed by atoms with van der Waals surface area (Å²) in [4.78, 5) is 11.3. The van der Waals surface area contributed by atoms with Gasteiger partial charge in [0.25, 0.3) is 0 Å². The Morgan fingerprint density at radius 1 is 1.24 bits per heavy atom. The van der Waals surface area contributed by atoms with Crippen molar-refractivity contribution in [3.63, 3.8) is 0 Å². The third kappa shape index (κ3) is 5.97. The maximum Gasteiger partial charge on any atom is 0.0859 e. The highest BCUT2D eigenvalue weighted by Gasteiger charge is 2.09. The molecule has 1 rings (SSSR count). The van der Waals surface area contributed by atoms with Gasteiger partial charge in [0, 0.05) is 12.1 Å². The zero-order valence-electron chi connectivity index (χ0n) is 14.0. The minimum atomic E-state index is 0.0464. The number of terminal acetylenes is 1. The lowest BCUT2D eigenvalue weighted by Crippen LogP contribution is -2.30. The molecule has 4 nitrogen and oxygen atoms in total. The van der Waals surface area contributed by atoms with Gasteiger partial charge in [-0.3, -0.25) is 9.88 Å². The van der Waals surface area contributed by atoms with E-state index in [1.807, 2.05) is 38.1 Å². The minimum Gasteiger partial charge on any atom is -0.386 e. The van der Waals surface area contributed by atoms with E-state index in [4.69, 9.17) is 6.42 Å². The first kappa shape index (κ1) is 17.2. The van der Waals surface area contributed by atoms with E-state index in [-0.39, 0.29) is 5.54 Å². The van der Waals surface area contributed by atoms with Crippen LogP contribution < -0.4 is 5.32 Å². The van der Waals surface area contributed by atoms with E-state index in [2.05, 4.69) is 42.0 Å². The number of nitrogens with zero attached hydrogens (tertiary/aromatic N) is 3. The number of rotatable bonds is 5. The van der Waals surface area contributed by atoms with E-state index in [0.29, 0.717) is 13.1 Å². The average Bonchev–Trinajstić information content (AvgIpc) is 2.33. The lowest BCUT2D eigenvalue weighted by Gasteiger charge is -2.18. The summed E-state index contributed by atoms with van der Waals surface area (Å²) in [5.41, 5.74) is 3.79. The van der Waals surface area contributed by atoms with Gasteiger partial charge >= 0.3 is 0 Å². The zero-order chi connectivity index (χ0) is 16.0. The molecule has 1 aromatic heterocycles. The summed E-state index contributed by atoms with van der Waals surface area (Å²) in [6.07, 6.45) is 9.22. The van der Waals surface area contributed by atoms with Crippen molar-refractivity contribution in [2.75, 3.05) is 13.6 Å². The third-order valence-electron chi connectivity index (χ3n) is 2.92. The molecular weight excluding hydrogens is 260 g/mol. The number of hydrogen-bond donors (Lipinski definition) is 1. The Bertz CT molecular complexity index is 547. The first-order valence-corrected chi connectivity index (χ1v) is 7.13. The molecule has 0 atom stereocenters. The predicted octanol–water partition coefficient (Wildman–Crippen LogP) is 2.52. The van der Waals surface area contributed by atoms with Crippen molar-refractivity contribution >= 4 is 6.08 Å². The molecule has 0 aliphatic rings. The Morgan fingerprint density at radius 3 is 2.48 bits per heavy atom. The average molecular weight is 286 g/mol. The summed E-state index contributed by atoms with van der Waals surface area (Å²) >= 11 is 0. The molecule has 0 radical (unpaired) electrons. The summed E-state index contributed by atoms with van der Waals surface area (Å²) < 4.78 is 0. The highest BCUT2D eigenvalue weighted by atomic mass is 15.1. The molecule has 0 saturated heterocycles. The summed E-state index contributed by atoms with van der Waals surface area (Å²) in [5, 5.41) is 3.30. The molecule has 0 saturated carbocycles. The van der Waals surface area contributed by atoms with Crippen LogP contribution in [0.1, 0.15) is 43.5 Å². The van der Waals surface area contributed by atoms with Crippen molar-refractivity contribution < 1.29 is 0 Å². The molecule has 21 heavy (non-hydrogen) atoms. The van der Waals surface area contributed by atoms with Crippen molar-refractivity contribution in [1.82, 2.24) is 20.2 Å². The zero-order valence-corrected chi connectivity index (χ0v) is 14.0. The van der Waals surface area contributed by atoms with Crippen LogP contribution in [-0.2, 0) is 6.54 Å². The van der Waals surface area contributed by atoms with E-state index in [9.17, 15) is 0 Å². The van der Waals surface area contributed by atoms with Gasteiger partial charge in [-0.15, -0.1) is 6.42 Å². The SMILES string of the molecule is C#CCN(C)Cc1nc(C)c(/C=C\NC(C)(C)C)nc1C. The molecule has 0 spiro atoms. The van der Waals surface area contributed by atoms with Crippen LogP contribution >= 0.6 is 0 Å². The van der Waals surface area contributed by atoms with Crippen molar-refractivity contribution in [3.8, 4) is 12.3 Å². The van der Waals surface area contributed by atoms with Gasteiger partial charge in [0.05, 0.1) is 29.3 Å². The van der Waals surface area contributed by atoms with Gasteiger partial charge in [-0.25, -0.2) is 4.98 Å². The standard InChI is InChI=1S/C17H26N4/c1-8-11-21(7)12-16-14(3)19-15(13(2)20-16)9-10-18-17(4,5)6/h1,9-10,18H,11-12H2,2-7H3/b10-9-. The van der Waals surface area contributed by atoms with Gasteiger partial charge in [0.1, 0.15) is 0 Å². The Hall–Kier alpha value is -1.86. The fourth-order valence-corrected chi connectivity index (χ4v) is 1.81. The fourth-order valence-electron chi connectivity index (χ4n) is 1.81. The van der Waals surface area contributed by atoms with Crippen molar-refractivity contribution in [2.24, 2.45) is 0 Å². The summed E-state index contributed by atoms with van der Waals surface area (Å²) in [6, 6.07) is 0. The van der Waals surface area contributed by atoms with Crippen molar-refractivity contribution in [3.05, 3.63) is 29.0 Å². The molecular formula is C17H26N4. The molecule has 4 heteroatoms.